The minimum absolute atomic E-state index is 0.357. The standard InChI is InChI=1S/C17H34N2O/c1-4-18-17-10-13(2)9-14(3)16(17)12-19-7-5-15(11-19)6-8-20/h13-18,20H,4-12H2,1-3H3. The Morgan fingerprint density at radius 3 is 2.75 bits per heavy atom. The molecule has 1 aliphatic heterocycles. The van der Waals surface area contributed by atoms with Crippen molar-refractivity contribution in [1.29, 1.82) is 0 Å². The zero-order valence-corrected chi connectivity index (χ0v) is 13.6. The largest absolute Gasteiger partial charge is 0.396 e. The van der Waals surface area contributed by atoms with Gasteiger partial charge in [0.05, 0.1) is 0 Å². The molecule has 5 atom stereocenters. The Hall–Kier alpha value is -0.120. The van der Waals surface area contributed by atoms with Gasteiger partial charge < -0.3 is 15.3 Å². The van der Waals surface area contributed by atoms with Crippen LogP contribution in [0.3, 0.4) is 0 Å². The van der Waals surface area contributed by atoms with Gasteiger partial charge in [0.25, 0.3) is 0 Å². The van der Waals surface area contributed by atoms with Gasteiger partial charge in [-0.25, -0.2) is 0 Å². The van der Waals surface area contributed by atoms with Crippen LogP contribution in [-0.4, -0.2) is 48.8 Å². The molecule has 1 saturated heterocycles. The van der Waals surface area contributed by atoms with Crippen molar-refractivity contribution >= 4 is 0 Å². The molecule has 5 unspecified atom stereocenters. The molecule has 0 aromatic heterocycles. The second kappa shape index (κ2) is 7.77. The fourth-order valence-corrected chi connectivity index (χ4v) is 4.51. The van der Waals surface area contributed by atoms with E-state index in [-0.39, 0.29) is 0 Å². The Morgan fingerprint density at radius 1 is 1.25 bits per heavy atom. The van der Waals surface area contributed by atoms with Crippen molar-refractivity contribution in [1.82, 2.24) is 10.2 Å². The average molecular weight is 282 g/mol. The molecular formula is C17H34N2O. The molecule has 0 spiro atoms. The first kappa shape index (κ1) is 16.3. The van der Waals surface area contributed by atoms with E-state index in [0.29, 0.717) is 12.6 Å². The molecule has 0 bridgehead atoms. The molecule has 1 saturated carbocycles. The van der Waals surface area contributed by atoms with Crippen LogP contribution in [-0.2, 0) is 0 Å². The van der Waals surface area contributed by atoms with E-state index in [1.807, 2.05) is 0 Å². The van der Waals surface area contributed by atoms with E-state index < -0.39 is 0 Å². The van der Waals surface area contributed by atoms with Crippen LogP contribution >= 0.6 is 0 Å². The van der Waals surface area contributed by atoms with Gasteiger partial charge >= 0.3 is 0 Å². The third-order valence-electron chi connectivity index (χ3n) is 5.52. The van der Waals surface area contributed by atoms with Crippen LogP contribution in [0.1, 0.15) is 46.5 Å². The minimum Gasteiger partial charge on any atom is -0.396 e. The van der Waals surface area contributed by atoms with Gasteiger partial charge in [0.1, 0.15) is 0 Å². The Kier molecular flexibility index (Phi) is 6.31. The molecule has 2 fully saturated rings. The Bertz CT molecular complexity index is 284. The van der Waals surface area contributed by atoms with Gasteiger partial charge in [-0.2, -0.15) is 0 Å². The lowest BCUT2D eigenvalue weighted by Crippen LogP contribution is -2.48. The van der Waals surface area contributed by atoms with Crippen molar-refractivity contribution in [3.63, 3.8) is 0 Å². The molecule has 2 rings (SSSR count). The smallest absolute Gasteiger partial charge is 0.0434 e. The number of hydrogen-bond donors (Lipinski definition) is 2. The van der Waals surface area contributed by atoms with Gasteiger partial charge in [0.2, 0.25) is 0 Å². The lowest BCUT2D eigenvalue weighted by Gasteiger charge is -2.42. The second-order valence-electron chi connectivity index (χ2n) is 7.31. The van der Waals surface area contributed by atoms with E-state index in [0.717, 1.165) is 36.6 Å². The highest BCUT2D eigenvalue weighted by Crippen LogP contribution is 2.35. The first-order valence-corrected chi connectivity index (χ1v) is 8.70. The summed E-state index contributed by atoms with van der Waals surface area (Å²) in [6.07, 6.45) is 5.01. The van der Waals surface area contributed by atoms with Gasteiger partial charge in [-0.3, -0.25) is 0 Å². The van der Waals surface area contributed by atoms with Crippen LogP contribution in [0.4, 0.5) is 0 Å². The molecule has 1 aliphatic carbocycles. The summed E-state index contributed by atoms with van der Waals surface area (Å²) in [7, 11) is 0. The molecular weight excluding hydrogens is 248 g/mol. The predicted octanol–water partition coefficient (Wildman–Crippen LogP) is 2.35. The Balaban J connectivity index is 1.88. The molecule has 0 aromatic carbocycles. The van der Waals surface area contributed by atoms with Gasteiger partial charge in [0, 0.05) is 25.7 Å². The highest BCUT2D eigenvalue weighted by Gasteiger charge is 2.35. The van der Waals surface area contributed by atoms with Crippen molar-refractivity contribution in [2.45, 2.75) is 52.5 Å². The molecule has 0 radical (unpaired) electrons. The normalized spacial score (nSPS) is 39.3. The summed E-state index contributed by atoms with van der Waals surface area (Å²) in [5.41, 5.74) is 0. The average Bonchev–Trinajstić information content (AvgIpc) is 2.82. The minimum atomic E-state index is 0.357. The molecule has 2 aliphatic rings. The predicted molar refractivity (Wildman–Crippen MR) is 84.8 cm³/mol. The van der Waals surface area contributed by atoms with Crippen molar-refractivity contribution in [3.8, 4) is 0 Å². The van der Waals surface area contributed by atoms with Gasteiger partial charge in [-0.05, 0) is 62.4 Å². The fourth-order valence-electron chi connectivity index (χ4n) is 4.51. The van der Waals surface area contributed by atoms with Gasteiger partial charge in [-0.15, -0.1) is 0 Å². The first-order valence-electron chi connectivity index (χ1n) is 8.70. The van der Waals surface area contributed by atoms with E-state index >= 15 is 0 Å². The number of aliphatic hydroxyl groups excluding tert-OH is 1. The summed E-state index contributed by atoms with van der Waals surface area (Å²) in [6.45, 7) is 12.2. The third kappa shape index (κ3) is 4.19. The van der Waals surface area contributed by atoms with E-state index in [1.54, 1.807) is 0 Å². The number of nitrogens with zero attached hydrogens (tertiary/aromatic N) is 1. The lowest BCUT2D eigenvalue weighted by molar-refractivity contribution is 0.109. The topological polar surface area (TPSA) is 35.5 Å². The summed E-state index contributed by atoms with van der Waals surface area (Å²) < 4.78 is 0. The molecule has 20 heavy (non-hydrogen) atoms. The molecule has 2 N–H and O–H groups in total. The van der Waals surface area contributed by atoms with Crippen molar-refractivity contribution < 1.29 is 5.11 Å². The van der Waals surface area contributed by atoms with Crippen molar-refractivity contribution in [2.75, 3.05) is 32.8 Å². The number of nitrogens with one attached hydrogen (secondary N) is 1. The summed E-state index contributed by atoms with van der Waals surface area (Å²) >= 11 is 0. The van der Waals surface area contributed by atoms with Crippen LogP contribution in [0, 0.1) is 23.7 Å². The number of aliphatic hydroxyl groups is 1. The summed E-state index contributed by atoms with van der Waals surface area (Å²) in [5.74, 6) is 3.24. The van der Waals surface area contributed by atoms with Gasteiger partial charge in [0.15, 0.2) is 0 Å². The van der Waals surface area contributed by atoms with Crippen LogP contribution in [0.5, 0.6) is 0 Å². The monoisotopic (exact) mass is 282 g/mol. The van der Waals surface area contributed by atoms with E-state index in [2.05, 4.69) is 31.0 Å². The van der Waals surface area contributed by atoms with E-state index in [9.17, 15) is 0 Å². The van der Waals surface area contributed by atoms with E-state index in [1.165, 1.54) is 38.9 Å². The highest BCUT2D eigenvalue weighted by atomic mass is 16.3. The summed E-state index contributed by atoms with van der Waals surface area (Å²) in [4.78, 5) is 2.65. The molecule has 3 heteroatoms. The maximum atomic E-state index is 9.09. The number of hydrogen-bond acceptors (Lipinski definition) is 3. The zero-order chi connectivity index (χ0) is 14.5. The van der Waals surface area contributed by atoms with Crippen LogP contribution in [0.15, 0.2) is 0 Å². The van der Waals surface area contributed by atoms with Crippen molar-refractivity contribution in [2.24, 2.45) is 23.7 Å². The Morgan fingerprint density at radius 2 is 2.05 bits per heavy atom. The van der Waals surface area contributed by atoms with Crippen LogP contribution in [0.25, 0.3) is 0 Å². The number of likely N-dealkylation sites (tertiary alicyclic amines) is 1. The van der Waals surface area contributed by atoms with Crippen molar-refractivity contribution in [3.05, 3.63) is 0 Å². The summed E-state index contributed by atoms with van der Waals surface area (Å²) in [6, 6.07) is 0.704. The maximum Gasteiger partial charge on any atom is 0.0434 e. The molecule has 0 amide bonds. The third-order valence-corrected chi connectivity index (χ3v) is 5.52. The lowest BCUT2D eigenvalue weighted by atomic mass is 9.72. The maximum absolute atomic E-state index is 9.09. The van der Waals surface area contributed by atoms with E-state index in [4.69, 9.17) is 5.11 Å². The van der Waals surface area contributed by atoms with Crippen LogP contribution < -0.4 is 5.32 Å². The SMILES string of the molecule is CCNC1CC(C)CC(C)C1CN1CCC(CCO)C1. The van der Waals surface area contributed by atoms with Gasteiger partial charge in [-0.1, -0.05) is 20.8 Å². The fraction of sp³-hybridized carbons (Fsp3) is 1.00. The second-order valence-corrected chi connectivity index (χ2v) is 7.31. The number of rotatable bonds is 6. The Labute approximate surface area is 125 Å². The molecule has 118 valence electrons. The van der Waals surface area contributed by atoms with Crippen LogP contribution in [0.2, 0.25) is 0 Å². The molecule has 3 nitrogen and oxygen atoms in total. The zero-order valence-electron chi connectivity index (χ0n) is 13.6. The summed E-state index contributed by atoms with van der Waals surface area (Å²) in [5, 5.41) is 12.8. The molecule has 0 aromatic rings. The quantitative estimate of drug-likeness (QED) is 0.785. The highest BCUT2D eigenvalue weighted by molar-refractivity contribution is 4.90. The first-order chi connectivity index (χ1) is 9.63. The molecule has 1 heterocycles.